The number of likely N-dealkylation sites (tertiary alicyclic amines) is 1. The number of urea groups is 1. The maximum atomic E-state index is 13.7. The van der Waals surface area contributed by atoms with Crippen molar-refractivity contribution in [2.45, 2.75) is 38.0 Å². The minimum atomic E-state index is -0.818. The van der Waals surface area contributed by atoms with Crippen LogP contribution in [0, 0.1) is 0 Å². The van der Waals surface area contributed by atoms with E-state index < -0.39 is 5.54 Å². The summed E-state index contributed by atoms with van der Waals surface area (Å²) in [6.07, 6.45) is 4.57. The van der Waals surface area contributed by atoms with Gasteiger partial charge in [-0.1, -0.05) is 36.4 Å². The fourth-order valence-corrected chi connectivity index (χ4v) is 4.75. The molecule has 5 rings (SSSR count). The quantitative estimate of drug-likeness (QED) is 0.558. The molecule has 2 fully saturated rings. The molecule has 0 radical (unpaired) electrons. The molecule has 4 heterocycles. The molecule has 2 aliphatic rings. The van der Waals surface area contributed by atoms with E-state index >= 15 is 0 Å². The molecule has 2 saturated heterocycles. The maximum Gasteiger partial charge on any atom is 0.328 e. The first-order chi connectivity index (χ1) is 15.7. The van der Waals surface area contributed by atoms with Crippen LogP contribution in [-0.4, -0.2) is 50.3 Å². The van der Waals surface area contributed by atoms with Gasteiger partial charge in [-0.25, -0.2) is 4.79 Å². The number of benzene rings is 1. The first-order valence-electron chi connectivity index (χ1n) is 11.0. The van der Waals surface area contributed by atoms with Crippen LogP contribution in [0.3, 0.4) is 0 Å². The SMILES string of the molecule is O=C1N(Cc2ccccn2)C(=O)C2(CCN(Cc3ccco3)CC2)N1Cc1ccccc1. The summed E-state index contributed by atoms with van der Waals surface area (Å²) < 4.78 is 5.49. The number of piperidine rings is 1. The zero-order valence-electron chi connectivity index (χ0n) is 17.9. The first kappa shape index (κ1) is 20.5. The van der Waals surface area contributed by atoms with Crippen molar-refractivity contribution in [1.82, 2.24) is 19.7 Å². The van der Waals surface area contributed by atoms with Gasteiger partial charge in [0.15, 0.2) is 0 Å². The second-order valence-corrected chi connectivity index (χ2v) is 8.45. The number of carbonyl (C=O) groups excluding carboxylic acids is 2. The van der Waals surface area contributed by atoms with Gasteiger partial charge in [0.25, 0.3) is 5.91 Å². The highest BCUT2D eigenvalue weighted by molar-refractivity contribution is 6.07. The average Bonchev–Trinajstić information content (AvgIpc) is 3.40. The van der Waals surface area contributed by atoms with Crippen LogP contribution >= 0.6 is 0 Å². The highest BCUT2D eigenvalue weighted by Gasteiger charge is 2.57. The van der Waals surface area contributed by atoms with E-state index in [1.807, 2.05) is 60.7 Å². The Labute approximate surface area is 187 Å². The summed E-state index contributed by atoms with van der Waals surface area (Å²) in [5.41, 5.74) is 0.911. The minimum Gasteiger partial charge on any atom is -0.468 e. The molecule has 0 saturated carbocycles. The molecule has 0 aliphatic carbocycles. The number of hydrogen-bond donors (Lipinski definition) is 0. The predicted octanol–water partition coefficient (Wildman–Crippen LogP) is 3.67. The summed E-state index contributed by atoms with van der Waals surface area (Å²) in [5.74, 6) is 0.800. The second kappa shape index (κ2) is 8.59. The largest absolute Gasteiger partial charge is 0.468 e. The Morgan fingerprint density at radius 3 is 2.34 bits per heavy atom. The second-order valence-electron chi connectivity index (χ2n) is 8.45. The van der Waals surface area contributed by atoms with E-state index in [9.17, 15) is 9.59 Å². The van der Waals surface area contributed by atoms with Gasteiger partial charge in [-0.3, -0.25) is 19.6 Å². The van der Waals surface area contributed by atoms with Crippen molar-refractivity contribution in [1.29, 1.82) is 0 Å². The fraction of sp³-hybridized carbons (Fsp3) is 0.320. The first-order valence-corrected chi connectivity index (χ1v) is 11.0. The van der Waals surface area contributed by atoms with E-state index in [1.54, 1.807) is 17.4 Å². The minimum absolute atomic E-state index is 0.110. The zero-order valence-corrected chi connectivity index (χ0v) is 17.9. The Kier molecular flexibility index (Phi) is 5.49. The van der Waals surface area contributed by atoms with Gasteiger partial charge in [0.05, 0.1) is 25.0 Å². The van der Waals surface area contributed by atoms with Crippen molar-refractivity contribution in [3.05, 3.63) is 90.1 Å². The number of hydrogen-bond acceptors (Lipinski definition) is 5. The van der Waals surface area contributed by atoms with Gasteiger partial charge in [-0.15, -0.1) is 0 Å². The molecular weight excluding hydrogens is 404 g/mol. The molecule has 0 bridgehead atoms. The number of aromatic nitrogens is 1. The lowest BCUT2D eigenvalue weighted by Crippen LogP contribution is -2.56. The van der Waals surface area contributed by atoms with Crippen molar-refractivity contribution in [2.75, 3.05) is 13.1 Å². The zero-order chi connectivity index (χ0) is 22.0. The normalized spacial score (nSPS) is 18.6. The lowest BCUT2D eigenvalue weighted by molar-refractivity contribution is -0.136. The summed E-state index contributed by atoms with van der Waals surface area (Å²) in [4.78, 5) is 37.0. The van der Waals surface area contributed by atoms with Crippen LogP contribution in [0.15, 0.2) is 77.5 Å². The molecule has 3 aromatic rings. The highest BCUT2D eigenvalue weighted by atomic mass is 16.3. The molecule has 7 heteroatoms. The predicted molar refractivity (Wildman–Crippen MR) is 118 cm³/mol. The molecule has 0 unspecified atom stereocenters. The molecule has 0 atom stereocenters. The molecule has 164 valence electrons. The highest BCUT2D eigenvalue weighted by Crippen LogP contribution is 2.39. The summed E-state index contributed by atoms with van der Waals surface area (Å²) in [5, 5.41) is 0. The maximum absolute atomic E-state index is 13.7. The molecule has 7 nitrogen and oxygen atoms in total. The number of furan rings is 1. The lowest BCUT2D eigenvalue weighted by atomic mass is 9.85. The Morgan fingerprint density at radius 1 is 0.875 bits per heavy atom. The van der Waals surface area contributed by atoms with Gasteiger partial charge in [0.1, 0.15) is 11.3 Å². The van der Waals surface area contributed by atoms with Crippen molar-refractivity contribution in [2.24, 2.45) is 0 Å². The molecule has 3 amide bonds. The third-order valence-electron chi connectivity index (χ3n) is 6.49. The van der Waals surface area contributed by atoms with Crippen molar-refractivity contribution >= 4 is 11.9 Å². The fourth-order valence-electron chi connectivity index (χ4n) is 4.75. The molecule has 1 aromatic carbocycles. The Hall–Kier alpha value is -3.45. The number of imide groups is 1. The number of rotatable bonds is 6. The van der Waals surface area contributed by atoms with Crippen molar-refractivity contribution in [3.63, 3.8) is 0 Å². The summed E-state index contributed by atoms with van der Waals surface area (Å²) in [7, 11) is 0. The Morgan fingerprint density at radius 2 is 1.66 bits per heavy atom. The molecule has 1 spiro atoms. The summed E-state index contributed by atoms with van der Waals surface area (Å²) >= 11 is 0. The molecule has 0 N–H and O–H groups in total. The van der Waals surface area contributed by atoms with Crippen LogP contribution < -0.4 is 0 Å². The topological polar surface area (TPSA) is 69.9 Å². The van der Waals surface area contributed by atoms with E-state index in [0.29, 0.717) is 31.6 Å². The number of pyridine rings is 1. The van der Waals surface area contributed by atoms with Crippen LogP contribution in [0.2, 0.25) is 0 Å². The average molecular weight is 431 g/mol. The number of nitrogens with zero attached hydrogens (tertiary/aromatic N) is 4. The van der Waals surface area contributed by atoms with Crippen LogP contribution in [0.5, 0.6) is 0 Å². The van der Waals surface area contributed by atoms with Crippen molar-refractivity contribution < 1.29 is 14.0 Å². The van der Waals surface area contributed by atoms with E-state index in [2.05, 4.69) is 9.88 Å². The summed E-state index contributed by atoms with van der Waals surface area (Å²) in [6, 6.07) is 19.0. The van der Waals surface area contributed by atoms with E-state index in [-0.39, 0.29) is 18.5 Å². The molecular formula is C25H26N4O3. The van der Waals surface area contributed by atoms with Crippen LogP contribution in [0.4, 0.5) is 4.79 Å². The van der Waals surface area contributed by atoms with Gasteiger partial charge in [-0.05, 0) is 42.7 Å². The Bertz CT molecular complexity index is 1060. The van der Waals surface area contributed by atoms with Gasteiger partial charge < -0.3 is 9.32 Å². The number of carbonyl (C=O) groups is 2. The van der Waals surface area contributed by atoms with E-state index in [1.165, 1.54) is 4.90 Å². The monoisotopic (exact) mass is 430 g/mol. The van der Waals surface area contributed by atoms with Gasteiger partial charge in [0.2, 0.25) is 0 Å². The van der Waals surface area contributed by atoms with Crippen LogP contribution in [-0.2, 0) is 24.4 Å². The smallest absolute Gasteiger partial charge is 0.328 e. The lowest BCUT2D eigenvalue weighted by Gasteiger charge is -2.42. The summed E-state index contributed by atoms with van der Waals surface area (Å²) in [6.45, 7) is 2.77. The van der Waals surface area contributed by atoms with E-state index in [4.69, 9.17) is 4.42 Å². The standard InChI is InChI=1S/C25H26N4O3/c30-23-25(11-14-27(15-12-25)19-22-10-6-16-32-22)29(17-20-7-2-1-3-8-20)24(31)28(23)18-21-9-4-5-13-26-21/h1-10,13,16H,11-12,14-15,17-19H2. The van der Waals surface area contributed by atoms with Crippen LogP contribution in [0.1, 0.15) is 29.9 Å². The molecule has 2 aromatic heterocycles. The molecule has 2 aliphatic heterocycles. The van der Waals surface area contributed by atoms with Gasteiger partial charge >= 0.3 is 6.03 Å². The Balaban J connectivity index is 1.40. The van der Waals surface area contributed by atoms with E-state index in [0.717, 1.165) is 24.4 Å². The van der Waals surface area contributed by atoms with Gasteiger partial charge in [-0.2, -0.15) is 0 Å². The third-order valence-corrected chi connectivity index (χ3v) is 6.49. The van der Waals surface area contributed by atoms with Crippen LogP contribution in [0.25, 0.3) is 0 Å². The number of amides is 3. The van der Waals surface area contributed by atoms with Gasteiger partial charge in [0, 0.05) is 25.8 Å². The third kappa shape index (κ3) is 3.80. The molecule has 32 heavy (non-hydrogen) atoms. The van der Waals surface area contributed by atoms with Crippen molar-refractivity contribution in [3.8, 4) is 0 Å².